The fourth-order valence-corrected chi connectivity index (χ4v) is 5.73. The van der Waals surface area contributed by atoms with Crippen LogP contribution in [0.2, 0.25) is 0 Å². The number of carbonyl (C=O) groups excluding carboxylic acids is 1. The maximum absolute atomic E-state index is 15.0. The van der Waals surface area contributed by atoms with E-state index >= 15 is 4.39 Å². The van der Waals surface area contributed by atoms with Gasteiger partial charge in [0.1, 0.15) is 29.9 Å². The quantitative estimate of drug-likeness (QED) is 0.151. The number of hydrogen-bond donors (Lipinski definition) is 4. The van der Waals surface area contributed by atoms with E-state index in [0.29, 0.717) is 23.4 Å². The van der Waals surface area contributed by atoms with Gasteiger partial charge >= 0.3 is 0 Å². The Bertz CT molecular complexity index is 1600. The molecule has 4 heterocycles. The van der Waals surface area contributed by atoms with Gasteiger partial charge in [-0.15, -0.1) is 0 Å². The molecule has 1 aromatic heterocycles. The Labute approximate surface area is 265 Å². The number of likely N-dealkylation sites (tertiary alicyclic amines) is 1. The number of amides is 1. The molecule has 46 heavy (non-hydrogen) atoms. The lowest BCUT2D eigenvalue weighted by molar-refractivity contribution is -0.131. The maximum atomic E-state index is 15.0. The van der Waals surface area contributed by atoms with E-state index in [1.807, 2.05) is 12.1 Å². The van der Waals surface area contributed by atoms with E-state index in [9.17, 15) is 10.1 Å². The van der Waals surface area contributed by atoms with Gasteiger partial charge in [-0.1, -0.05) is 0 Å². The fraction of sp³-hybridized carbons (Fsp3) is 0.387. The summed E-state index contributed by atoms with van der Waals surface area (Å²) in [7, 11) is 0. The van der Waals surface area contributed by atoms with Crippen molar-refractivity contribution in [2.45, 2.75) is 24.7 Å². The molecule has 1 amide bonds. The number of hydrazine groups is 1. The number of halogens is 1. The summed E-state index contributed by atoms with van der Waals surface area (Å²) in [6, 6.07) is 15.7. The molecule has 240 valence electrons. The number of hydrogen-bond acceptors (Lipinski definition) is 13. The van der Waals surface area contributed by atoms with Crippen LogP contribution in [0.1, 0.15) is 12.0 Å². The van der Waals surface area contributed by atoms with Crippen molar-refractivity contribution in [1.82, 2.24) is 30.2 Å². The van der Waals surface area contributed by atoms with Gasteiger partial charge in [0.2, 0.25) is 5.95 Å². The average Bonchev–Trinajstić information content (AvgIpc) is 3.06. The first-order chi connectivity index (χ1) is 22.4. The highest BCUT2D eigenvalue weighted by Crippen LogP contribution is 2.29. The van der Waals surface area contributed by atoms with Crippen molar-refractivity contribution in [3.63, 3.8) is 0 Å². The number of anilines is 3. The molecule has 14 nitrogen and oxygen atoms in total. The highest BCUT2D eigenvalue weighted by molar-refractivity contribution is 5.92. The number of rotatable bonds is 9. The Morgan fingerprint density at radius 1 is 1.11 bits per heavy atom. The SMILES string of the molecule is N#Cc1cc(-c2ncnc(Nc3ccc(N4CCN(C5COC5)CC4)cc3)n2)ccc1OC1CCN(C(=O)/C(=C/N)NN)CC1F. The smallest absolute Gasteiger partial charge is 0.272 e. The molecule has 2 unspecified atom stereocenters. The fourth-order valence-electron chi connectivity index (χ4n) is 5.73. The van der Waals surface area contributed by atoms with E-state index in [1.54, 1.807) is 18.2 Å². The summed E-state index contributed by atoms with van der Waals surface area (Å²) in [4.78, 5) is 31.7. The van der Waals surface area contributed by atoms with Gasteiger partial charge in [-0.05, 0) is 42.5 Å². The van der Waals surface area contributed by atoms with Crippen LogP contribution in [0.25, 0.3) is 11.4 Å². The van der Waals surface area contributed by atoms with Gasteiger partial charge in [0.25, 0.3) is 5.91 Å². The first-order valence-corrected chi connectivity index (χ1v) is 15.1. The van der Waals surface area contributed by atoms with Gasteiger partial charge < -0.3 is 35.7 Å². The molecule has 6 N–H and O–H groups in total. The molecule has 3 fully saturated rings. The van der Waals surface area contributed by atoms with Crippen LogP contribution in [0.15, 0.2) is 60.7 Å². The molecule has 0 saturated carbocycles. The standard InChI is InChI=1S/C31H36FN11O3/c32-25-16-43(30(44)26(15-34)40-35)8-7-28(25)46-27-6-1-20(13-21(27)14-33)29-36-19-37-31(39-29)38-22-2-4-23(5-3-22)41-9-11-42(12-10-41)24-17-45-18-24/h1-6,13,15,19,24-25,28,40H,7-12,16-18,34-35H2,(H,36,37,38,39)/b26-15-. The Hall–Kier alpha value is -5.04. The molecular weight excluding hydrogens is 593 g/mol. The Morgan fingerprint density at radius 2 is 1.89 bits per heavy atom. The van der Waals surface area contributed by atoms with Gasteiger partial charge in [0.05, 0.1) is 31.4 Å². The van der Waals surface area contributed by atoms with Crippen molar-refractivity contribution >= 4 is 23.2 Å². The zero-order chi connectivity index (χ0) is 32.0. The normalized spacial score (nSPS) is 20.8. The third-order valence-electron chi connectivity index (χ3n) is 8.47. The maximum Gasteiger partial charge on any atom is 0.272 e. The first kappa shape index (κ1) is 31.0. The molecule has 0 aliphatic carbocycles. The van der Waals surface area contributed by atoms with E-state index < -0.39 is 18.2 Å². The molecule has 0 spiro atoms. The number of aromatic nitrogens is 3. The van der Waals surface area contributed by atoms with E-state index in [2.05, 4.69) is 53.7 Å². The van der Waals surface area contributed by atoms with E-state index in [4.69, 9.17) is 21.1 Å². The summed E-state index contributed by atoms with van der Waals surface area (Å²) in [6.45, 7) is 5.74. The lowest BCUT2D eigenvalue weighted by Crippen LogP contribution is -2.56. The van der Waals surface area contributed by atoms with Crippen LogP contribution < -0.4 is 32.0 Å². The largest absolute Gasteiger partial charge is 0.486 e. The van der Waals surface area contributed by atoms with Crippen LogP contribution in [0.4, 0.5) is 21.7 Å². The predicted octanol–water partition coefficient (Wildman–Crippen LogP) is 1.26. The van der Waals surface area contributed by atoms with Crippen molar-refractivity contribution in [1.29, 1.82) is 5.26 Å². The molecule has 0 bridgehead atoms. The number of nitrogens with one attached hydrogen (secondary N) is 2. The van der Waals surface area contributed by atoms with Crippen molar-refractivity contribution in [3.8, 4) is 23.2 Å². The summed E-state index contributed by atoms with van der Waals surface area (Å²) in [5, 5.41) is 13.1. The number of piperazine rings is 1. The van der Waals surface area contributed by atoms with Gasteiger partial charge in [0.15, 0.2) is 12.0 Å². The summed E-state index contributed by atoms with van der Waals surface area (Å²) in [6.07, 6.45) is 0.334. The molecular formula is C31H36FN11O3. The number of alkyl halides is 1. The molecule has 6 rings (SSSR count). The van der Waals surface area contributed by atoms with Crippen LogP contribution in [-0.4, -0.2) is 101 Å². The lowest BCUT2D eigenvalue weighted by Gasteiger charge is -2.43. The topological polar surface area (TPSA) is 184 Å². The van der Waals surface area contributed by atoms with Gasteiger partial charge in [-0.2, -0.15) is 10.2 Å². The van der Waals surface area contributed by atoms with Crippen molar-refractivity contribution in [2.75, 3.05) is 62.7 Å². The third-order valence-corrected chi connectivity index (χ3v) is 8.47. The number of ether oxygens (including phenoxy) is 2. The molecule has 15 heteroatoms. The minimum atomic E-state index is -1.48. The van der Waals surface area contributed by atoms with Crippen LogP contribution in [0, 0.1) is 11.3 Å². The van der Waals surface area contributed by atoms with Crippen molar-refractivity contribution in [3.05, 3.63) is 66.3 Å². The van der Waals surface area contributed by atoms with Crippen LogP contribution in [-0.2, 0) is 9.53 Å². The van der Waals surface area contributed by atoms with Crippen LogP contribution >= 0.6 is 0 Å². The van der Waals surface area contributed by atoms with Crippen LogP contribution in [0.5, 0.6) is 5.75 Å². The molecule has 3 aromatic rings. The summed E-state index contributed by atoms with van der Waals surface area (Å²) >= 11 is 0. The Kier molecular flexibility index (Phi) is 9.38. The van der Waals surface area contributed by atoms with Gasteiger partial charge in [-0.3, -0.25) is 15.5 Å². The molecule has 3 aliphatic rings. The second-order valence-electron chi connectivity index (χ2n) is 11.3. The minimum absolute atomic E-state index is 0.0244. The number of nitrogens with two attached hydrogens (primary N) is 2. The summed E-state index contributed by atoms with van der Waals surface area (Å²) in [5.41, 5.74) is 10.4. The first-order valence-electron chi connectivity index (χ1n) is 15.1. The number of nitriles is 1. The second-order valence-corrected chi connectivity index (χ2v) is 11.3. The van der Waals surface area contributed by atoms with Gasteiger partial charge in [-0.25, -0.2) is 14.4 Å². The monoisotopic (exact) mass is 629 g/mol. The van der Waals surface area contributed by atoms with Crippen LogP contribution in [0.3, 0.4) is 0 Å². The van der Waals surface area contributed by atoms with Crippen molar-refractivity contribution in [2.24, 2.45) is 11.6 Å². The summed E-state index contributed by atoms with van der Waals surface area (Å²) in [5.74, 6) is 5.76. The molecule has 2 atom stereocenters. The number of nitrogens with zero attached hydrogens (tertiary/aromatic N) is 7. The highest BCUT2D eigenvalue weighted by atomic mass is 19.1. The Morgan fingerprint density at radius 3 is 2.54 bits per heavy atom. The number of carbonyl (C=O) groups is 1. The lowest BCUT2D eigenvalue weighted by atomic mass is 10.0. The molecule has 3 saturated heterocycles. The van der Waals surface area contributed by atoms with E-state index in [1.165, 1.54) is 11.2 Å². The Balaban J connectivity index is 1.07. The van der Waals surface area contributed by atoms with Crippen molar-refractivity contribution < 1.29 is 18.7 Å². The summed E-state index contributed by atoms with van der Waals surface area (Å²) < 4.78 is 26.3. The third kappa shape index (κ3) is 6.79. The predicted molar refractivity (Wildman–Crippen MR) is 168 cm³/mol. The van der Waals surface area contributed by atoms with Gasteiger partial charge in [0, 0.05) is 62.3 Å². The molecule has 2 aromatic carbocycles. The zero-order valence-electron chi connectivity index (χ0n) is 25.2. The van der Waals surface area contributed by atoms with E-state index in [0.717, 1.165) is 57.0 Å². The number of piperidine rings is 1. The highest BCUT2D eigenvalue weighted by Gasteiger charge is 2.34. The minimum Gasteiger partial charge on any atom is -0.486 e. The second kappa shape index (κ2) is 13.9. The molecule has 3 aliphatic heterocycles. The average molecular weight is 630 g/mol. The van der Waals surface area contributed by atoms with E-state index in [-0.39, 0.29) is 36.5 Å². The molecule has 0 radical (unpaired) electrons. The number of benzene rings is 2. The zero-order valence-corrected chi connectivity index (χ0v) is 25.2.